The molecule has 4 rings (SSSR count). The first-order valence-electron chi connectivity index (χ1n) is 13.5. The van der Waals surface area contributed by atoms with Crippen molar-refractivity contribution in [3.63, 3.8) is 0 Å². The van der Waals surface area contributed by atoms with Crippen molar-refractivity contribution in [3.8, 4) is 0 Å². The van der Waals surface area contributed by atoms with Crippen LogP contribution in [0.3, 0.4) is 0 Å². The summed E-state index contributed by atoms with van der Waals surface area (Å²) in [7, 11) is 1.31. The molecule has 4 N–H and O–H groups in total. The Hall–Kier alpha value is -3.41. The smallest absolute Gasteiger partial charge is 0.336 e. The maximum Gasteiger partial charge on any atom is 0.336 e. The van der Waals surface area contributed by atoms with E-state index in [1.54, 1.807) is 32.0 Å². The number of urea groups is 1. The molecule has 0 saturated carbocycles. The Balaban J connectivity index is 1.53. The number of anilines is 1. The van der Waals surface area contributed by atoms with Crippen molar-refractivity contribution >= 4 is 23.7 Å². The molecule has 0 aromatic heterocycles. The highest BCUT2D eigenvalue weighted by molar-refractivity contribution is 6.00. The monoisotopic (exact) mass is 541 g/mol. The molecule has 2 atom stereocenters. The summed E-state index contributed by atoms with van der Waals surface area (Å²) in [6.45, 7) is 9.21. The third-order valence-electron chi connectivity index (χ3n) is 7.23. The SMILES string of the molecule is COC(=O)C1=C(C)NC(C)=C(C(=O)OCCN2CCNCC2)C1c1cccc(NC(=O)NCC2CCCO2)c1. The molecule has 0 spiro atoms. The van der Waals surface area contributed by atoms with Crippen molar-refractivity contribution in [2.24, 2.45) is 0 Å². The number of esters is 2. The second kappa shape index (κ2) is 13.6. The molecule has 2 amide bonds. The van der Waals surface area contributed by atoms with Gasteiger partial charge in [-0.1, -0.05) is 12.1 Å². The van der Waals surface area contributed by atoms with E-state index < -0.39 is 17.9 Å². The van der Waals surface area contributed by atoms with E-state index in [2.05, 4.69) is 26.2 Å². The summed E-state index contributed by atoms with van der Waals surface area (Å²) in [5.41, 5.74) is 3.03. The number of ether oxygens (including phenoxy) is 3. The van der Waals surface area contributed by atoms with Gasteiger partial charge in [0.15, 0.2) is 0 Å². The minimum atomic E-state index is -0.734. The zero-order valence-electron chi connectivity index (χ0n) is 22.9. The zero-order valence-corrected chi connectivity index (χ0v) is 22.9. The number of hydrogen-bond donors (Lipinski definition) is 4. The summed E-state index contributed by atoms with van der Waals surface area (Å²) in [5.74, 6) is -1.78. The minimum Gasteiger partial charge on any atom is -0.466 e. The predicted molar refractivity (Wildman–Crippen MR) is 146 cm³/mol. The van der Waals surface area contributed by atoms with E-state index in [-0.39, 0.29) is 18.7 Å². The zero-order chi connectivity index (χ0) is 27.8. The van der Waals surface area contributed by atoms with Crippen LogP contribution in [0.1, 0.15) is 38.2 Å². The first-order chi connectivity index (χ1) is 18.9. The fourth-order valence-electron chi connectivity index (χ4n) is 5.24. The Bertz CT molecular complexity index is 1120. The molecule has 39 heavy (non-hydrogen) atoms. The molecule has 1 aromatic carbocycles. The molecule has 2 unspecified atom stereocenters. The molecule has 0 radical (unpaired) electrons. The van der Waals surface area contributed by atoms with Crippen LogP contribution in [0, 0.1) is 0 Å². The van der Waals surface area contributed by atoms with Crippen LogP contribution in [-0.2, 0) is 23.8 Å². The summed E-state index contributed by atoms with van der Waals surface area (Å²) < 4.78 is 16.4. The quantitative estimate of drug-likeness (QED) is 0.346. The Morgan fingerprint density at radius 2 is 1.85 bits per heavy atom. The lowest BCUT2D eigenvalue weighted by Crippen LogP contribution is -2.44. The molecular weight excluding hydrogens is 502 g/mol. The summed E-state index contributed by atoms with van der Waals surface area (Å²) in [6, 6.07) is 6.77. The van der Waals surface area contributed by atoms with Crippen LogP contribution in [0.5, 0.6) is 0 Å². The lowest BCUT2D eigenvalue weighted by atomic mass is 9.80. The standard InChI is InChI=1S/C28H39N5O6/c1-18-23(26(34)37-3)25(24(19(2)31-18)27(35)39-15-13-33-11-9-29-10-12-33)20-6-4-7-21(16-20)32-28(36)30-17-22-8-5-14-38-22/h4,6-7,16,22,25,29,31H,5,8-15,17H2,1-3H3,(H2,30,32,36). The number of methoxy groups -OCH3 is 1. The normalized spacial score (nSPS) is 21.8. The van der Waals surface area contributed by atoms with Gasteiger partial charge in [0.05, 0.1) is 30.3 Å². The van der Waals surface area contributed by atoms with Gasteiger partial charge < -0.3 is 35.5 Å². The molecule has 3 heterocycles. The number of carbonyl (C=O) groups excluding carboxylic acids is 3. The van der Waals surface area contributed by atoms with Crippen LogP contribution < -0.4 is 21.3 Å². The van der Waals surface area contributed by atoms with Crippen molar-refractivity contribution < 1.29 is 28.6 Å². The number of dihydropyridines is 1. The summed E-state index contributed by atoms with van der Waals surface area (Å²) in [5, 5.41) is 12.1. The Morgan fingerprint density at radius 3 is 2.54 bits per heavy atom. The summed E-state index contributed by atoms with van der Waals surface area (Å²) in [6.07, 6.45) is 1.95. The highest BCUT2D eigenvalue weighted by atomic mass is 16.5. The third kappa shape index (κ3) is 7.37. The molecule has 0 bridgehead atoms. The third-order valence-corrected chi connectivity index (χ3v) is 7.23. The highest BCUT2D eigenvalue weighted by Crippen LogP contribution is 2.39. The van der Waals surface area contributed by atoms with Gasteiger partial charge in [0, 0.05) is 63.0 Å². The molecule has 11 nitrogen and oxygen atoms in total. The number of carbonyl (C=O) groups is 3. The molecule has 212 valence electrons. The summed E-state index contributed by atoms with van der Waals surface area (Å²) >= 11 is 0. The molecule has 3 aliphatic heterocycles. The van der Waals surface area contributed by atoms with E-state index in [9.17, 15) is 14.4 Å². The molecule has 3 aliphatic rings. The molecular formula is C28H39N5O6. The van der Waals surface area contributed by atoms with Crippen molar-refractivity contribution in [2.45, 2.75) is 38.7 Å². The number of piperazine rings is 1. The van der Waals surface area contributed by atoms with Crippen LogP contribution in [-0.4, -0.2) is 88.6 Å². The van der Waals surface area contributed by atoms with Crippen LogP contribution in [0.4, 0.5) is 10.5 Å². The lowest BCUT2D eigenvalue weighted by Gasteiger charge is -2.31. The topological polar surface area (TPSA) is 130 Å². The number of hydrogen-bond acceptors (Lipinski definition) is 9. The molecule has 0 aliphatic carbocycles. The van der Waals surface area contributed by atoms with Crippen LogP contribution in [0.2, 0.25) is 0 Å². The van der Waals surface area contributed by atoms with Gasteiger partial charge in [0.1, 0.15) is 6.61 Å². The first kappa shape index (κ1) is 28.6. The van der Waals surface area contributed by atoms with E-state index in [0.717, 1.165) is 45.6 Å². The first-order valence-corrected chi connectivity index (χ1v) is 13.5. The van der Waals surface area contributed by atoms with Gasteiger partial charge in [-0.05, 0) is 44.4 Å². The van der Waals surface area contributed by atoms with Gasteiger partial charge in [-0.3, -0.25) is 4.90 Å². The Labute approximate surface area is 229 Å². The second-order valence-electron chi connectivity index (χ2n) is 9.95. The van der Waals surface area contributed by atoms with E-state index >= 15 is 0 Å². The average Bonchev–Trinajstić information content (AvgIpc) is 3.45. The van der Waals surface area contributed by atoms with Gasteiger partial charge >= 0.3 is 18.0 Å². The Kier molecular flexibility index (Phi) is 9.96. The number of rotatable bonds is 9. The van der Waals surface area contributed by atoms with E-state index in [1.165, 1.54) is 7.11 Å². The second-order valence-corrected chi connectivity index (χ2v) is 9.95. The van der Waals surface area contributed by atoms with Crippen molar-refractivity contribution in [1.82, 2.24) is 20.9 Å². The maximum absolute atomic E-state index is 13.5. The number of nitrogens with zero attached hydrogens (tertiary/aromatic N) is 1. The highest BCUT2D eigenvalue weighted by Gasteiger charge is 2.38. The van der Waals surface area contributed by atoms with Crippen LogP contribution in [0.15, 0.2) is 46.8 Å². The largest absolute Gasteiger partial charge is 0.466 e. The Morgan fingerprint density at radius 1 is 1.10 bits per heavy atom. The van der Waals surface area contributed by atoms with Gasteiger partial charge in [-0.2, -0.15) is 0 Å². The predicted octanol–water partition coefficient (Wildman–Crippen LogP) is 1.84. The van der Waals surface area contributed by atoms with Gasteiger partial charge in [0.2, 0.25) is 0 Å². The van der Waals surface area contributed by atoms with E-state index in [1.807, 2.05) is 6.07 Å². The molecule has 2 fully saturated rings. The number of nitrogens with one attached hydrogen (secondary N) is 4. The number of benzene rings is 1. The molecule has 11 heteroatoms. The maximum atomic E-state index is 13.5. The van der Waals surface area contributed by atoms with Crippen molar-refractivity contribution in [2.75, 3.05) is 64.9 Å². The van der Waals surface area contributed by atoms with Gasteiger partial charge in [-0.25, -0.2) is 14.4 Å². The van der Waals surface area contributed by atoms with Gasteiger partial charge in [0.25, 0.3) is 0 Å². The number of allylic oxidation sites excluding steroid dienone is 2. The van der Waals surface area contributed by atoms with Crippen molar-refractivity contribution in [3.05, 3.63) is 52.4 Å². The lowest BCUT2D eigenvalue weighted by molar-refractivity contribution is -0.140. The van der Waals surface area contributed by atoms with Crippen LogP contribution >= 0.6 is 0 Å². The van der Waals surface area contributed by atoms with Crippen molar-refractivity contribution in [1.29, 1.82) is 0 Å². The van der Waals surface area contributed by atoms with E-state index in [4.69, 9.17) is 14.2 Å². The van der Waals surface area contributed by atoms with Gasteiger partial charge in [-0.15, -0.1) is 0 Å². The molecule has 2 saturated heterocycles. The fourth-order valence-corrected chi connectivity index (χ4v) is 5.24. The average molecular weight is 542 g/mol. The minimum absolute atomic E-state index is 0.0285. The van der Waals surface area contributed by atoms with Crippen LogP contribution in [0.25, 0.3) is 0 Å². The number of amides is 2. The molecule has 1 aromatic rings. The summed E-state index contributed by atoms with van der Waals surface area (Å²) in [4.78, 5) is 41.2. The van der Waals surface area contributed by atoms with E-state index in [0.29, 0.717) is 46.9 Å². The fraction of sp³-hybridized carbons (Fsp3) is 0.536.